The molecule has 3 N–H and O–H groups in total. The molecule has 0 spiro atoms. The maximum atomic E-state index is 12.2. The summed E-state index contributed by atoms with van der Waals surface area (Å²) in [5, 5.41) is 12.2. The Hall–Kier alpha value is -3.54. The number of carbonyl (C=O) groups is 1. The second kappa shape index (κ2) is 10.7. The Morgan fingerprint density at radius 3 is 2.61 bits per heavy atom. The number of alkyl carbamates (subject to hydrolysis) is 1. The van der Waals surface area contributed by atoms with Gasteiger partial charge in [-0.05, 0) is 76.0 Å². The third-order valence-corrected chi connectivity index (χ3v) is 7.30. The Morgan fingerprint density at radius 2 is 1.95 bits per heavy atom. The van der Waals surface area contributed by atoms with E-state index < -0.39 is 5.60 Å². The number of fused-ring (bicyclic) bond motifs is 3. The molecule has 2 aliphatic carbocycles. The smallest absolute Gasteiger partial charge is 0.407 e. The molecule has 0 aliphatic heterocycles. The van der Waals surface area contributed by atoms with Gasteiger partial charge in [0.25, 0.3) is 0 Å². The van der Waals surface area contributed by atoms with Crippen molar-refractivity contribution in [3.8, 4) is 23.1 Å². The number of nitrogens with zero attached hydrogens (tertiary/aromatic N) is 4. The number of anilines is 2. The molecule has 9 nitrogen and oxygen atoms in total. The van der Waals surface area contributed by atoms with E-state index in [0.29, 0.717) is 18.8 Å². The number of benzene rings is 1. The van der Waals surface area contributed by atoms with E-state index in [1.807, 2.05) is 33.9 Å². The molecule has 204 valence electrons. The van der Waals surface area contributed by atoms with Crippen molar-refractivity contribution >= 4 is 17.6 Å². The highest BCUT2D eigenvalue weighted by atomic mass is 16.6. The monoisotopic (exact) mass is 520 g/mol. The quantitative estimate of drug-likeness (QED) is 0.537. The Morgan fingerprint density at radius 1 is 1.24 bits per heavy atom. The summed E-state index contributed by atoms with van der Waals surface area (Å²) in [6.45, 7) is 10.5. The zero-order valence-corrected chi connectivity index (χ0v) is 23.4. The summed E-state index contributed by atoms with van der Waals surface area (Å²) in [6, 6.07) is 6.42. The predicted octanol–water partition coefficient (Wildman–Crippen LogP) is 5.12. The van der Waals surface area contributed by atoms with Gasteiger partial charge < -0.3 is 25.4 Å². The van der Waals surface area contributed by atoms with Crippen molar-refractivity contribution in [2.45, 2.75) is 96.3 Å². The van der Waals surface area contributed by atoms with E-state index in [-0.39, 0.29) is 23.7 Å². The molecular weight excluding hydrogens is 480 g/mol. The van der Waals surface area contributed by atoms with Gasteiger partial charge in [-0.3, -0.25) is 0 Å². The third-order valence-electron chi connectivity index (χ3n) is 7.30. The molecular formula is C29H40N6O3. The normalized spacial score (nSPS) is 19.9. The fraction of sp³-hybridized carbons (Fsp3) is 0.586. The maximum Gasteiger partial charge on any atom is 0.407 e. The van der Waals surface area contributed by atoms with Gasteiger partial charge in [-0.25, -0.2) is 14.8 Å². The van der Waals surface area contributed by atoms with Crippen LogP contribution in [0.5, 0.6) is 5.75 Å². The molecule has 38 heavy (non-hydrogen) atoms. The summed E-state index contributed by atoms with van der Waals surface area (Å²) in [7, 11) is 2.01. The lowest BCUT2D eigenvalue weighted by Crippen LogP contribution is -2.42. The summed E-state index contributed by atoms with van der Waals surface area (Å²) >= 11 is 0. The highest BCUT2D eigenvalue weighted by Crippen LogP contribution is 2.49. The summed E-state index contributed by atoms with van der Waals surface area (Å²) < 4.78 is 12.1. The lowest BCUT2D eigenvalue weighted by atomic mass is 9.71. The van der Waals surface area contributed by atoms with Gasteiger partial charge in [-0.1, -0.05) is 13.8 Å². The summed E-state index contributed by atoms with van der Waals surface area (Å²) in [4.78, 5) is 23.2. The number of ether oxygens (including phenoxy) is 2. The molecule has 0 radical (unpaired) electrons. The van der Waals surface area contributed by atoms with Gasteiger partial charge in [-0.2, -0.15) is 5.26 Å². The molecule has 0 unspecified atom stereocenters. The number of amides is 1. The van der Waals surface area contributed by atoms with Gasteiger partial charge in [0.2, 0.25) is 0 Å². The van der Waals surface area contributed by atoms with Crippen LogP contribution in [-0.2, 0) is 16.6 Å². The summed E-state index contributed by atoms with van der Waals surface area (Å²) in [5.74, 6) is 1.33. The van der Waals surface area contributed by atoms with Gasteiger partial charge in [-0.15, -0.1) is 0 Å². The van der Waals surface area contributed by atoms with Crippen molar-refractivity contribution in [1.82, 2.24) is 15.3 Å². The van der Waals surface area contributed by atoms with Crippen LogP contribution in [0.4, 0.5) is 16.3 Å². The van der Waals surface area contributed by atoms with Crippen molar-refractivity contribution in [3.63, 3.8) is 0 Å². The van der Waals surface area contributed by atoms with Crippen LogP contribution in [-0.4, -0.2) is 47.4 Å². The number of hydrogen-bond donors (Lipinski definition) is 2. The molecule has 1 amide bonds. The SMILES string of the molecule is CN(CCC#N)c1c(OC2CCC(NC(=O)OC(C)(C)C)CC2)ccc2c1CC(C)(C)c1c(N)ncnc1-2. The maximum absolute atomic E-state index is 12.2. The van der Waals surface area contributed by atoms with E-state index in [4.69, 9.17) is 15.2 Å². The number of hydrogen-bond acceptors (Lipinski definition) is 8. The lowest BCUT2D eigenvalue weighted by Gasteiger charge is -2.37. The van der Waals surface area contributed by atoms with Crippen LogP contribution in [0.1, 0.15) is 77.8 Å². The molecule has 2 aromatic rings. The zero-order chi connectivity index (χ0) is 27.7. The fourth-order valence-corrected chi connectivity index (χ4v) is 5.64. The number of nitriles is 1. The lowest BCUT2D eigenvalue weighted by molar-refractivity contribution is 0.0471. The zero-order valence-electron chi connectivity index (χ0n) is 23.4. The standard InChI is InChI=1S/C29H40N6O3/c1-28(2,3)38-27(36)34-18-8-10-19(11-9-18)37-22-13-12-20-21(25(22)35(6)15-7-14-30)16-29(4,5)23-24(20)32-17-33-26(23)31/h12-13,17-19H,7-11,15-16H2,1-6H3,(H,34,36)(H2,31,32,33). The first-order valence-electron chi connectivity index (χ1n) is 13.4. The molecule has 0 saturated heterocycles. The van der Waals surface area contributed by atoms with Gasteiger partial charge in [0.05, 0.1) is 30.0 Å². The minimum Gasteiger partial charge on any atom is -0.488 e. The number of rotatable bonds is 6. The van der Waals surface area contributed by atoms with Crippen LogP contribution in [0.3, 0.4) is 0 Å². The van der Waals surface area contributed by atoms with Gasteiger partial charge >= 0.3 is 6.09 Å². The number of nitrogen functional groups attached to an aromatic ring is 1. The topological polar surface area (TPSA) is 126 Å². The number of nitrogens with one attached hydrogen (secondary N) is 1. The van der Waals surface area contributed by atoms with Crippen LogP contribution in [0.25, 0.3) is 11.3 Å². The Labute approximate surface area is 225 Å². The van der Waals surface area contributed by atoms with Crippen molar-refractivity contribution in [2.24, 2.45) is 0 Å². The van der Waals surface area contributed by atoms with Crippen molar-refractivity contribution in [1.29, 1.82) is 5.26 Å². The van der Waals surface area contributed by atoms with Gasteiger partial charge in [0, 0.05) is 30.8 Å². The molecule has 1 fully saturated rings. The predicted molar refractivity (Wildman–Crippen MR) is 148 cm³/mol. The average molecular weight is 521 g/mol. The Balaban J connectivity index is 1.58. The molecule has 9 heteroatoms. The Kier molecular flexibility index (Phi) is 7.73. The molecule has 1 aromatic carbocycles. The largest absolute Gasteiger partial charge is 0.488 e. The first-order chi connectivity index (χ1) is 17.9. The molecule has 0 atom stereocenters. The molecule has 1 heterocycles. The van der Waals surface area contributed by atoms with Gasteiger partial charge in [0.15, 0.2) is 0 Å². The van der Waals surface area contributed by atoms with E-state index in [1.165, 1.54) is 6.33 Å². The minimum atomic E-state index is -0.516. The highest BCUT2D eigenvalue weighted by molar-refractivity contribution is 5.83. The van der Waals surface area contributed by atoms with E-state index >= 15 is 0 Å². The molecule has 2 aliphatic rings. The van der Waals surface area contributed by atoms with Crippen LogP contribution < -0.4 is 20.7 Å². The molecule has 1 saturated carbocycles. The first-order valence-corrected chi connectivity index (χ1v) is 13.4. The van der Waals surface area contributed by atoms with Crippen molar-refractivity contribution in [2.75, 3.05) is 24.2 Å². The van der Waals surface area contributed by atoms with Gasteiger partial charge in [0.1, 0.15) is 23.5 Å². The highest BCUT2D eigenvalue weighted by Gasteiger charge is 2.37. The minimum absolute atomic E-state index is 0.0368. The number of aromatic nitrogens is 2. The fourth-order valence-electron chi connectivity index (χ4n) is 5.64. The first kappa shape index (κ1) is 27.5. The second-order valence-corrected chi connectivity index (χ2v) is 12.0. The summed E-state index contributed by atoms with van der Waals surface area (Å²) in [5.41, 5.74) is 10.5. The van der Waals surface area contributed by atoms with Crippen LogP contribution in [0.2, 0.25) is 0 Å². The van der Waals surface area contributed by atoms with E-state index in [2.05, 4.69) is 46.2 Å². The van der Waals surface area contributed by atoms with Crippen molar-refractivity contribution < 1.29 is 14.3 Å². The summed E-state index contributed by atoms with van der Waals surface area (Å²) in [6.07, 6.45) is 5.66. The second-order valence-electron chi connectivity index (χ2n) is 12.0. The number of nitrogens with two attached hydrogens (primary N) is 1. The van der Waals surface area contributed by atoms with Crippen LogP contribution >= 0.6 is 0 Å². The number of carbonyl (C=O) groups excluding carboxylic acids is 1. The van der Waals surface area contributed by atoms with E-state index in [0.717, 1.165) is 65.9 Å². The molecule has 1 aromatic heterocycles. The average Bonchev–Trinajstić information content (AvgIpc) is 2.82. The Bertz CT molecular complexity index is 1220. The molecule has 0 bridgehead atoms. The van der Waals surface area contributed by atoms with Crippen LogP contribution in [0.15, 0.2) is 18.5 Å². The van der Waals surface area contributed by atoms with Crippen molar-refractivity contribution in [3.05, 3.63) is 29.6 Å². The van der Waals surface area contributed by atoms with E-state index in [9.17, 15) is 10.1 Å². The van der Waals surface area contributed by atoms with Crippen LogP contribution in [0, 0.1) is 11.3 Å². The van der Waals surface area contributed by atoms with E-state index in [1.54, 1.807) is 0 Å². The molecule has 4 rings (SSSR count). The third kappa shape index (κ3) is 5.95.